The van der Waals surface area contributed by atoms with E-state index in [1.807, 2.05) is 18.2 Å². The van der Waals surface area contributed by atoms with Gasteiger partial charge in [0.25, 0.3) is 5.89 Å². The molecule has 5 rings (SSSR count). The fraction of sp³-hybridized carbons (Fsp3) is 0.292. The van der Waals surface area contributed by atoms with Crippen molar-refractivity contribution in [1.29, 1.82) is 0 Å². The summed E-state index contributed by atoms with van der Waals surface area (Å²) in [6, 6.07) is 7.28. The van der Waals surface area contributed by atoms with Gasteiger partial charge in [-0.15, -0.1) is 10.2 Å². The molecule has 3 aromatic heterocycles. The Hall–Kier alpha value is -4.61. The normalized spacial score (nSPS) is 12.9. The molecular formula is C24H23N7O5. The minimum absolute atomic E-state index is 0.0620. The Kier molecular flexibility index (Phi) is 6.15. The van der Waals surface area contributed by atoms with Crippen LogP contribution in [0.1, 0.15) is 29.2 Å². The number of aryl methyl sites for hydroxylation is 1. The van der Waals surface area contributed by atoms with E-state index in [-0.39, 0.29) is 29.9 Å². The van der Waals surface area contributed by atoms with E-state index in [0.29, 0.717) is 39.8 Å². The highest BCUT2D eigenvalue weighted by Crippen LogP contribution is 2.39. The number of para-hydroxylation sites is 1. The maximum atomic E-state index is 12.4. The summed E-state index contributed by atoms with van der Waals surface area (Å²) in [5.41, 5.74) is 2.86. The van der Waals surface area contributed by atoms with Crippen molar-refractivity contribution in [3.63, 3.8) is 0 Å². The lowest BCUT2D eigenvalue weighted by Crippen LogP contribution is -2.07. The van der Waals surface area contributed by atoms with Gasteiger partial charge >= 0.3 is 11.9 Å². The zero-order valence-electron chi connectivity index (χ0n) is 19.9. The van der Waals surface area contributed by atoms with Crippen LogP contribution in [0.2, 0.25) is 0 Å². The zero-order valence-corrected chi connectivity index (χ0v) is 19.9. The first kappa shape index (κ1) is 23.1. The highest BCUT2D eigenvalue weighted by Gasteiger charge is 2.30. The molecule has 4 aromatic rings. The highest BCUT2D eigenvalue weighted by atomic mass is 16.5. The van der Waals surface area contributed by atoms with E-state index >= 15 is 0 Å². The third-order valence-electron chi connectivity index (χ3n) is 5.69. The minimum atomic E-state index is -0.750. The van der Waals surface area contributed by atoms with Crippen LogP contribution >= 0.6 is 0 Å². The molecule has 0 atom stereocenters. The van der Waals surface area contributed by atoms with Gasteiger partial charge in [-0.25, -0.2) is 9.78 Å². The van der Waals surface area contributed by atoms with Crippen molar-refractivity contribution in [2.45, 2.75) is 19.3 Å². The summed E-state index contributed by atoms with van der Waals surface area (Å²) in [5.74, 6) is 0.322. The van der Waals surface area contributed by atoms with Gasteiger partial charge in [-0.1, -0.05) is 6.07 Å². The van der Waals surface area contributed by atoms with Gasteiger partial charge in [-0.05, 0) is 31.0 Å². The Morgan fingerprint density at radius 3 is 2.67 bits per heavy atom. The predicted molar refractivity (Wildman–Crippen MR) is 127 cm³/mol. The summed E-state index contributed by atoms with van der Waals surface area (Å²) in [7, 11) is 4.56. The summed E-state index contributed by atoms with van der Waals surface area (Å²) in [4.78, 5) is 33.0. The molecule has 36 heavy (non-hydrogen) atoms. The Morgan fingerprint density at radius 1 is 1.14 bits per heavy atom. The van der Waals surface area contributed by atoms with E-state index < -0.39 is 5.97 Å². The predicted octanol–water partition coefficient (Wildman–Crippen LogP) is 2.99. The number of Topliss-reactive ketones (excluding diaryl/α,β-unsaturated/α-hetero) is 1. The number of carbonyl (C=O) groups excluding carboxylic acids is 2. The number of benzene rings is 1. The average molecular weight is 489 g/mol. The van der Waals surface area contributed by atoms with Crippen LogP contribution < -0.4 is 10.1 Å². The average Bonchev–Trinajstić information content (AvgIpc) is 3.47. The van der Waals surface area contributed by atoms with Gasteiger partial charge in [-0.3, -0.25) is 14.5 Å². The molecule has 1 saturated carbocycles. The molecule has 0 saturated heterocycles. The summed E-state index contributed by atoms with van der Waals surface area (Å²) in [6.45, 7) is 0. The van der Waals surface area contributed by atoms with Crippen molar-refractivity contribution in [3.8, 4) is 28.6 Å². The van der Waals surface area contributed by atoms with E-state index in [2.05, 4.69) is 35.3 Å². The summed E-state index contributed by atoms with van der Waals surface area (Å²) >= 11 is 0. The molecule has 0 amide bonds. The van der Waals surface area contributed by atoms with Crippen LogP contribution in [0.25, 0.3) is 22.8 Å². The number of esters is 1. The number of nitrogens with one attached hydrogen (secondary N) is 1. The number of nitrogens with zero attached hydrogens (tertiary/aromatic N) is 6. The van der Waals surface area contributed by atoms with Gasteiger partial charge in [0.2, 0.25) is 0 Å². The number of anilines is 2. The molecule has 1 aliphatic rings. The number of hydrogen-bond donors (Lipinski definition) is 1. The zero-order chi connectivity index (χ0) is 25.2. The molecular weight excluding hydrogens is 466 g/mol. The lowest BCUT2D eigenvalue weighted by atomic mass is 10.1. The fourth-order valence-corrected chi connectivity index (χ4v) is 3.74. The highest BCUT2D eigenvalue weighted by molar-refractivity contribution is 5.87. The minimum Gasteiger partial charge on any atom is -0.494 e. The molecule has 3 heterocycles. The maximum Gasteiger partial charge on any atom is 0.396 e. The molecule has 184 valence electrons. The van der Waals surface area contributed by atoms with E-state index in [9.17, 15) is 9.59 Å². The first-order valence-corrected chi connectivity index (χ1v) is 11.2. The Labute approximate surface area is 205 Å². The Morgan fingerprint density at radius 2 is 1.97 bits per heavy atom. The maximum absolute atomic E-state index is 12.4. The number of carbonyl (C=O) groups is 2. The Balaban J connectivity index is 1.55. The SMILES string of the molecule is COC(=O)c1nnc(-c2cnc(CC(=O)C3CC3)cc2Nc2cccc(-c3ncn(C)n3)c2OC)o1. The second-order valence-electron chi connectivity index (χ2n) is 8.30. The lowest BCUT2D eigenvalue weighted by molar-refractivity contribution is -0.119. The van der Waals surface area contributed by atoms with Gasteiger partial charge in [0.15, 0.2) is 11.6 Å². The number of hydrogen-bond acceptors (Lipinski definition) is 11. The third-order valence-corrected chi connectivity index (χ3v) is 5.69. The van der Waals surface area contributed by atoms with Crippen molar-refractivity contribution >= 4 is 23.1 Å². The second kappa shape index (κ2) is 9.56. The number of methoxy groups -OCH3 is 2. The summed E-state index contributed by atoms with van der Waals surface area (Å²) in [5, 5.41) is 15.4. The van der Waals surface area contributed by atoms with Crippen molar-refractivity contribution in [1.82, 2.24) is 29.9 Å². The molecule has 1 N–H and O–H groups in total. The molecule has 0 bridgehead atoms. The Bertz CT molecular complexity index is 1440. The molecule has 1 fully saturated rings. The van der Waals surface area contributed by atoms with Gasteiger partial charge in [0.1, 0.15) is 12.1 Å². The molecule has 0 radical (unpaired) electrons. The smallest absolute Gasteiger partial charge is 0.396 e. The van der Waals surface area contributed by atoms with Crippen molar-refractivity contribution in [3.05, 3.63) is 48.4 Å². The van der Waals surface area contributed by atoms with Crippen LogP contribution in [0.15, 0.2) is 41.2 Å². The standard InChI is InChI=1S/C24H23N7O5/c1-31-12-26-21(30-31)15-5-4-6-17(20(15)34-2)27-18-9-14(10-19(32)13-7-8-13)25-11-16(18)22-28-29-23(36-22)24(33)35-3/h4-6,9,11-13H,7-8,10H2,1-3H3,(H,25,27). The molecule has 12 nitrogen and oxygen atoms in total. The van der Waals surface area contributed by atoms with Gasteiger partial charge < -0.3 is 19.2 Å². The first-order valence-electron chi connectivity index (χ1n) is 11.2. The van der Waals surface area contributed by atoms with Gasteiger partial charge in [-0.2, -0.15) is 5.10 Å². The van der Waals surface area contributed by atoms with E-state index in [0.717, 1.165) is 12.8 Å². The van der Waals surface area contributed by atoms with Crippen molar-refractivity contribution in [2.24, 2.45) is 13.0 Å². The molecule has 1 aromatic carbocycles. The van der Waals surface area contributed by atoms with Crippen LogP contribution in [-0.4, -0.2) is 55.9 Å². The number of ether oxygens (including phenoxy) is 2. The topological polar surface area (TPSA) is 147 Å². The fourth-order valence-electron chi connectivity index (χ4n) is 3.74. The number of aromatic nitrogens is 6. The van der Waals surface area contributed by atoms with E-state index in [1.165, 1.54) is 13.3 Å². The van der Waals surface area contributed by atoms with Crippen molar-refractivity contribution in [2.75, 3.05) is 19.5 Å². The summed E-state index contributed by atoms with van der Waals surface area (Å²) < 4.78 is 17.5. The second-order valence-corrected chi connectivity index (χ2v) is 8.30. The van der Waals surface area contributed by atoms with Crippen LogP contribution in [0.5, 0.6) is 5.75 Å². The number of ketones is 1. The van der Waals surface area contributed by atoms with Gasteiger partial charge in [0, 0.05) is 31.3 Å². The van der Waals surface area contributed by atoms with Crippen LogP contribution in [0, 0.1) is 5.92 Å². The number of pyridine rings is 1. The monoisotopic (exact) mass is 489 g/mol. The van der Waals surface area contributed by atoms with Crippen LogP contribution in [0.4, 0.5) is 11.4 Å². The molecule has 0 spiro atoms. The van der Waals surface area contributed by atoms with Crippen molar-refractivity contribution < 1.29 is 23.5 Å². The summed E-state index contributed by atoms with van der Waals surface area (Å²) in [6.07, 6.45) is 5.19. The molecule has 1 aliphatic carbocycles. The quantitative estimate of drug-likeness (QED) is 0.346. The molecule has 0 unspecified atom stereocenters. The van der Waals surface area contributed by atoms with Crippen LogP contribution in [-0.2, 0) is 23.0 Å². The first-order chi connectivity index (χ1) is 17.5. The molecule has 0 aliphatic heterocycles. The van der Waals surface area contributed by atoms with Crippen LogP contribution in [0.3, 0.4) is 0 Å². The van der Waals surface area contributed by atoms with E-state index in [1.54, 1.807) is 31.2 Å². The number of rotatable bonds is 9. The third kappa shape index (κ3) is 4.65. The molecule has 12 heteroatoms. The largest absolute Gasteiger partial charge is 0.494 e. The van der Waals surface area contributed by atoms with Gasteiger partial charge in [0.05, 0.1) is 36.7 Å². The van der Waals surface area contributed by atoms with E-state index in [4.69, 9.17) is 9.15 Å². The lowest BCUT2D eigenvalue weighted by Gasteiger charge is -2.16.